The van der Waals surface area contributed by atoms with Crippen molar-refractivity contribution in [2.45, 2.75) is 32.7 Å². The van der Waals surface area contributed by atoms with Gasteiger partial charge in [-0.15, -0.1) is 0 Å². The van der Waals surface area contributed by atoms with Crippen LogP contribution in [-0.4, -0.2) is 50.1 Å². The number of carbonyl (C=O) groups excluding carboxylic acids is 1. The van der Waals surface area contributed by atoms with Crippen LogP contribution >= 0.6 is 0 Å². The van der Waals surface area contributed by atoms with Crippen molar-refractivity contribution < 1.29 is 4.79 Å². The van der Waals surface area contributed by atoms with Crippen LogP contribution in [-0.2, 0) is 4.79 Å². The molecule has 4 heteroatoms. The van der Waals surface area contributed by atoms with Crippen molar-refractivity contribution in [1.82, 2.24) is 15.5 Å². The van der Waals surface area contributed by atoms with E-state index in [1.165, 1.54) is 12.8 Å². The van der Waals surface area contributed by atoms with Crippen LogP contribution in [0.25, 0.3) is 0 Å². The van der Waals surface area contributed by atoms with Gasteiger partial charge in [-0.25, -0.2) is 0 Å². The van der Waals surface area contributed by atoms with Gasteiger partial charge in [-0.05, 0) is 25.3 Å². The van der Waals surface area contributed by atoms with Crippen molar-refractivity contribution in [3.8, 4) is 0 Å². The van der Waals surface area contributed by atoms with Gasteiger partial charge in [0.15, 0.2) is 0 Å². The summed E-state index contributed by atoms with van der Waals surface area (Å²) < 4.78 is 0. The van der Waals surface area contributed by atoms with Crippen LogP contribution in [0.15, 0.2) is 0 Å². The Morgan fingerprint density at radius 1 is 1.56 bits per heavy atom. The lowest BCUT2D eigenvalue weighted by Crippen LogP contribution is -2.44. The van der Waals surface area contributed by atoms with Crippen LogP contribution in [0.1, 0.15) is 26.7 Å². The van der Waals surface area contributed by atoms with Crippen molar-refractivity contribution in [3.63, 3.8) is 0 Å². The molecular weight excluding hydrogens is 202 g/mol. The van der Waals surface area contributed by atoms with E-state index < -0.39 is 0 Å². The third-order valence-electron chi connectivity index (χ3n) is 2.91. The van der Waals surface area contributed by atoms with Crippen molar-refractivity contribution in [3.05, 3.63) is 0 Å². The summed E-state index contributed by atoms with van der Waals surface area (Å²) in [6, 6.07) is 0.573. The van der Waals surface area contributed by atoms with Crippen molar-refractivity contribution in [2.24, 2.45) is 5.92 Å². The maximum Gasteiger partial charge on any atom is 0.233 e. The Kier molecular flexibility index (Phi) is 5.77. The topological polar surface area (TPSA) is 44.4 Å². The van der Waals surface area contributed by atoms with Crippen LogP contribution in [0.3, 0.4) is 0 Å². The molecule has 0 spiro atoms. The van der Waals surface area contributed by atoms with Crippen LogP contribution in [0.4, 0.5) is 0 Å². The summed E-state index contributed by atoms with van der Waals surface area (Å²) in [5.41, 5.74) is 0. The molecule has 1 amide bonds. The molecule has 1 saturated heterocycles. The highest BCUT2D eigenvalue weighted by molar-refractivity contribution is 5.77. The molecule has 0 aromatic heterocycles. The number of amides is 1. The molecule has 0 saturated carbocycles. The van der Waals surface area contributed by atoms with Gasteiger partial charge in [-0.2, -0.15) is 0 Å². The first kappa shape index (κ1) is 13.5. The lowest BCUT2D eigenvalue weighted by molar-refractivity contribution is -0.121. The molecule has 0 aromatic rings. The van der Waals surface area contributed by atoms with E-state index in [1.807, 2.05) is 0 Å². The first-order valence-corrected chi connectivity index (χ1v) is 6.28. The Morgan fingerprint density at radius 2 is 2.31 bits per heavy atom. The van der Waals surface area contributed by atoms with Crippen molar-refractivity contribution in [1.29, 1.82) is 0 Å². The Labute approximate surface area is 98.8 Å². The van der Waals surface area contributed by atoms with Gasteiger partial charge in [0.1, 0.15) is 0 Å². The minimum atomic E-state index is 0.110. The quantitative estimate of drug-likeness (QED) is 0.692. The summed E-state index contributed by atoms with van der Waals surface area (Å²) in [6.45, 7) is 8.02. The molecule has 0 radical (unpaired) electrons. The van der Waals surface area contributed by atoms with Gasteiger partial charge in [0, 0.05) is 26.2 Å². The second-order valence-corrected chi connectivity index (χ2v) is 5.05. The molecule has 1 aliphatic rings. The van der Waals surface area contributed by atoms with E-state index >= 15 is 0 Å². The smallest absolute Gasteiger partial charge is 0.233 e. The fourth-order valence-corrected chi connectivity index (χ4v) is 2.23. The highest BCUT2D eigenvalue weighted by Gasteiger charge is 2.19. The van der Waals surface area contributed by atoms with E-state index in [4.69, 9.17) is 0 Å². The molecule has 2 N–H and O–H groups in total. The Balaban J connectivity index is 2.38. The Bertz CT molecular complexity index is 212. The number of hydrogen-bond acceptors (Lipinski definition) is 3. The first-order chi connectivity index (χ1) is 7.61. The van der Waals surface area contributed by atoms with Gasteiger partial charge in [0.2, 0.25) is 5.91 Å². The maximum absolute atomic E-state index is 11.4. The second-order valence-electron chi connectivity index (χ2n) is 5.05. The molecule has 1 atom stereocenters. The number of hydrogen-bond donors (Lipinski definition) is 2. The molecule has 0 aliphatic carbocycles. The molecule has 1 aliphatic heterocycles. The molecule has 94 valence electrons. The number of likely N-dealkylation sites (N-methyl/N-ethyl adjacent to an activating group) is 1. The summed E-state index contributed by atoms with van der Waals surface area (Å²) >= 11 is 0. The molecule has 16 heavy (non-hydrogen) atoms. The van der Waals surface area contributed by atoms with Gasteiger partial charge >= 0.3 is 0 Å². The van der Waals surface area contributed by atoms with Gasteiger partial charge < -0.3 is 10.6 Å². The molecule has 1 unspecified atom stereocenters. The normalized spacial score (nSPS) is 20.7. The lowest BCUT2D eigenvalue weighted by atomic mass is 10.1. The van der Waals surface area contributed by atoms with Gasteiger partial charge in [0.05, 0.1) is 6.54 Å². The molecule has 0 bridgehead atoms. The minimum absolute atomic E-state index is 0.110. The van der Waals surface area contributed by atoms with E-state index in [0.717, 1.165) is 19.6 Å². The molecule has 1 fully saturated rings. The predicted octanol–water partition coefficient (Wildman–Crippen LogP) is 0.442. The van der Waals surface area contributed by atoms with Crippen LogP contribution in [0.2, 0.25) is 0 Å². The number of rotatable bonds is 6. The monoisotopic (exact) mass is 227 g/mol. The van der Waals surface area contributed by atoms with Crippen molar-refractivity contribution in [2.75, 3.05) is 33.2 Å². The third-order valence-corrected chi connectivity index (χ3v) is 2.91. The average molecular weight is 227 g/mol. The minimum Gasteiger partial charge on any atom is -0.358 e. The zero-order chi connectivity index (χ0) is 12.0. The molecule has 1 heterocycles. The van der Waals surface area contributed by atoms with Crippen LogP contribution < -0.4 is 10.6 Å². The highest BCUT2D eigenvalue weighted by atomic mass is 16.1. The summed E-state index contributed by atoms with van der Waals surface area (Å²) in [5.74, 6) is 0.713. The lowest BCUT2D eigenvalue weighted by Gasteiger charge is -2.26. The molecule has 0 aromatic carbocycles. The molecule has 4 nitrogen and oxygen atoms in total. The van der Waals surface area contributed by atoms with Crippen molar-refractivity contribution >= 4 is 5.91 Å². The average Bonchev–Trinajstić information content (AvgIpc) is 2.69. The number of carbonyl (C=O) groups is 1. The van der Waals surface area contributed by atoms with E-state index in [2.05, 4.69) is 29.4 Å². The number of nitrogens with one attached hydrogen (secondary N) is 2. The molecular formula is C12H25N3O. The van der Waals surface area contributed by atoms with E-state index in [-0.39, 0.29) is 5.91 Å². The standard InChI is InChI=1S/C12H25N3O/c1-10(2)7-15(9-12(16)13-3)8-11-5-4-6-14-11/h10-11,14H,4-9H2,1-3H3,(H,13,16). The second kappa shape index (κ2) is 6.86. The van der Waals surface area contributed by atoms with E-state index in [0.29, 0.717) is 18.5 Å². The Hall–Kier alpha value is -0.610. The fourth-order valence-electron chi connectivity index (χ4n) is 2.23. The highest BCUT2D eigenvalue weighted by Crippen LogP contribution is 2.08. The largest absolute Gasteiger partial charge is 0.358 e. The van der Waals surface area contributed by atoms with Crippen LogP contribution in [0, 0.1) is 5.92 Å². The third kappa shape index (κ3) is 4.94. The zero-order valence-corrected chi connectivity index (χ0v) is 10.8. The van der Waals surface area contributed by atoms with Gasteiger partial charge in [0.25, 0.3) is 0 Å². The summed E-state index contributed by atoms with van der Waals surface area (Å²) in [7, 11) is 1.70. The summed E-state index contributed by atoms with van der Waals surface area (Å²) in [6.07, 6.45) is 2.50. The zero-order valence-electron chi connectivity index (χ0n) is 10.8. The first-order valence-electron chi connectivity index (χ1n) is 6.28. The number of nitrogens with zero attached hydrogens (tertiary/aromatic N) is 1. The summed E-state index contributed by atoms with van der Waals surface area (Å²) in [5, 5.41) is 6.17. The van der Waals surface area contributed by atoms with Crippen LogP contribution in [0.5, 0.6) is 0 Å². The van der Waals surface area contributed by atoms with Gasteiger partial charge in [-0.3, -0.25) is 9.69 Å². The maximum atomic E-state index is 11.4. The Morgan fingerprint density at radius 3 is 2.81 bits per heavy atom. The van der Waals surface area contributed by atoms with E-state index in [9.17, 15) is 4.79 Å². The molecule has 1 rings (SSSR count). The van der Waals surface area contributed by atoms with E-state index in [1.54, 1.807) is 7.05 Å². The fraction of sp³-hybridized carbons (Fsp3) is 0.917. The summed E-state index contributed by atoms with van der Waals surface area (Å²) in [4.78, 5) is 13.7. The SMILES string of the molecule is CNC(=O)CN(CC(C)C)CC1CCCN1. The predicted molar refractivity (Wildman–Crippen MR) is 66.4 cm³/mol. The van der Waals surface area contributed by atoms with Gasteiger partial charge in [-0.1, -0.05) is 13.8 Å².